The summed E-state index contributed by atoms with van der Waals surface area (Å²) in [5.41, 5.74) is 8.61. The molecule has 1 aromatic heterocycles. The van der Waals surface area contributed by atoms with Gasteiger partial charge < -0.3 is 11.1 Å². The number of amides is 1. The Hall–Kier alpha value is -2.20. The van der Waals surface area contributed by atoms with Gasteiger partial charge in [0.1, 0.15) is 0 Å². The van der Waals surface area contributed by atoms with Crippen molar-refractivity contribution in [1.29, 1.82) is 0 Å². The van der Waals surface area contributed by atoms with Gasteiger partial charge in [-0.25, -0.2) is 0 Å². The second-order valence-electron chi connectivity index (χ2n) is 4.01. The van der Waals surface area contributed by atoms with Crippen molar-refractivity contribution >= 4 is 11.6 Å². The zero-order valence-corrected chi connectivity index (χ0v) is 10.2. The fourth-order valence-corrected chi connectivity index (χ4v) is 1.64. The van der Waals surface area contributed by atoms with E-state index in [9.17, 15) is 4.79 Å². The van der Waals surface area contributed by atoms with Crippen molar-refractivity contribution in [2.75, 3.05) is 5.32 Å². The zero-order chi connectivity index (χ0) is 13.0. The van der Waals surface area contributed by atoms with Crippen LogP contribution in [0.15, 0.2) is 42.6 Å². The van der Waals surface area contributed by atoms with E-state index in [-0.39, 0.29) is 5.91 Å². The number of aryl methyl sites for hydroxylation is 1. The molecule has 2 aromatic rings. The Balaban J connectivity index is 2.19. The lowest BCUT2D eigenvalue weighted by Gasteiger charge is -2.08. The predicted molar refractivity (Wildman–Crippen MR) is 71.3 cm³/mol. The van der Waals surface area contributed by atoms with Crippen LogP contribution in [0.1, 0.15) is 21.6 Å². The smallest absolute Gasteiger partial charge is 0.255 e. The second kappa shape index (κ2) is 5.42. The van der Waals surface area contributed by atoms with Crippen LogP contribution < -0.4 is 11.1 Å². The number of carbonyl (C=O) groups is 1. The molecule has 0 fully saturated rings. The lowest BCUT2D eigenvalue weighted by Crippen LogP contribution is -2.13. The van der Waals surface area contributed by atoms with E-state index in [0.717, 1.165) is 11.3 Å². The van der Waals surface area contributed by atoms with E-state index >= 15 is 0 Å². The Labute approximate surface area is 106 Å². The van der Waals surface area contributed by atoms with Crippen LogP contribution >= 0.6 is 0 Å². The summed E-state index contributed by atoms with van der Waals surface area (Å²) in [4.78, 5) is 16.1. The quantitative estimate of drug-likeness (QED) is 0.864. The minimum Gasteiger partial charge on any atom is -0.325 e. The van der Waals surface area contributed by atoms with Gasteiger partial charge in [0.05, 0.1) is 5.69 Å². The lowest BCUT2D eigenvalue weighted by atomic mass is 10.1. The predicted octanol–water partition coefficient (Wildman–Crippen LogP) is 2.10. The van der Waals surface area contributed by atoms with Gasteiger partial charge in [-0.1, -0.05) is 18.2 Å². The Kier molecular flexibility index (Phi) is 3.69. The maximum atomic E-state index is 12.1. The highest BCUT2D eigenvalue weighted by Crippen LogP contribution is 2.14. The number of carbonyl (C=O) groups excluding carboxylic acids is 1. The zero-order valence-electron chi connectivity index (χ0n) is 10.2. The highest BCUT2D eigenvalue weighted by atomic mass is 16.1. The first-order valence-corrected chi connectivity index (χ1v) is 5.72. The number of rotatable bonds is 3. The minimum absolute atomic E-state index is 0.151. The number of hydrogen-bond donors (Lipinski definition) is 2. The van der Waals surface area contributed by atoms with Crippen molar-refractivity contribution in [2.45, 2.75) is 13.5 Å². The van der Waals surface area contributed by atoms with Gasteiger partial charge in [-0.2, -0.15) is 0 Å². The molecule has 1 aromatic carbocycles. The average molecular weight is 241 g/mol. The third-order valence-corrected chi connectivity index (χ3v) is 2.68. The molecule has 0 saturated heterocycles. The van der Waals surface area contributed by atoms with E-state index in [1.54, 1.807) is 18.3 Å². The van der Waals surface area contributed by atoms with Gasteiger partial charge in [0.25, 0.3) is 5.91 Å². The number of hydrogen-bond acceptors (Lipinski definition) is 3. The lowest BCUT2D eigenvalue weighted by molar-refractivity contribution is 0.102. The van der Waals surface area contributed by atoms with Crippen molar-refractivity contribution in [1.82, 2.24) is 4.98 Å². The number of benzene rings is 1. The van der Waals surface area contributed by atoms with Crippen LogP contribution in [-0.2, 0) is 6.54 Å². The first-order valence-electron chi connectivity index (χ1n) is 5.72. The maximum Gasteiger partial charge on any atom is 0.255 e. The molecule has 18 heavy (non-hydrogen) atoms. The van der Waals surface area contributed by atoms with Crippen molar-refractivity contribution < 1.29 is 4.79 Å². The molecule has 2 rings (SSSR count). The summed E-state index contributed by atoms with van der Waals surface area (Å²) in [6.07, 6.45) is 1.59. The number of nitrogens with one attached hydrogen (secondary N) is 1. The molecule has 1 heterocycles. The molecular weight excluding hydrogens is 226 g/mol. The maximum absolute atomic E-state index is 12.1. The topological polar surface area (TPSA) is 68.0 Å². The molecule has 0 radical (unpaired) electrons. The van der Waals surface area contributed by atoms with Crippen molar-refractivity contribution in [3.8, 4) is 0 Å². The minimum atomic E-state index is -0.151. The van der Waals surface area contributed by atoms with E-state index in [2.05, 4.69) is 10.3 Å². The average Bonchev–Trinajstić information content (AvgIpc) is 2.41. The van der Waals surface area contributed by atoms with Gasteiger partial charge in [0.15, 0.2) is 0 Å². The van der Waals surface area contributed by atoms with E-state index in [1.807, 2.05) is 31.2 Å². The summed E-state index contributed by atoms with van der Waals surface area (Å²) in [7, 11) is 0. The summed E-state index contributed by atoms with van der Waals surface area (Å²) in [6.45, 7) is 2.28. The summed E-state index contributed by atoms with van der Waals surface area (Å²) < 4.78 is 0. The molecule has 0 saturated carbocycles. The SMILES string of the molecule is Cc1ccccc1NC(=O)c1ccnc(CN)c1. The summed E-state index contributed by atoms with van der Waals surface area (Å²) in [6, 6.07) is 11.0. The van der Waals surface area contributed by atoms with Crippen LogP contribution in [0, 0.1) is 6.92 Å². The van der Waals surface area contributed by atoms with Crippen molar-refractivity contribution in [2.24, 2.45) is 5.73 Å². The van der Waals surface area contributed by atoms with Gasteiger partial charge in [-0.05, 0) is 30.7 Å². The third-order valence-electron chi connectivity index (χ3n) is 2.68. The fourth-order valence-electron chi connectivity index (χ4n) is 1.64. The van der Waals surface area contributed by atoms with Crippen LogP contribution in [0.2, 0.25) is 0 Å². The Morgan fingerprint density at radius 2 is 2.11 bits per heavy atom. The molecule has 0 spiro atoms. The molecule has 0 aliphatic carbocycles. The van der Waals surface area contributed by atoms with Crippen LogP contribution in [0.3, 0.4) is 0 Å². The Morgan fingerprint density at radius 1 is 1.33 bits per heavy atom. The van der Waals surface area contributed by atoms with E-state index in [1.165, 1.54) is 0 Å². The number of para-hydroxylation sites is 1. The molecular formula is C14H15N3O. The van der Waals surface area contributed by atoms with Crippen LogP contribution in [0.4, 0.5) is 5.69 Å². The van der Waals surface area contributed by atoms with Crippen LogP contribution in [0.25, 0.3) is 0 Å². The largest absolute Gasteiger partial charge is 0.325 e. The molecule has 0 unspecified atom stereocenters. The monoisotopic (exact) mass is 241 g/mol. The van der Waals surface area contributed by atoms with E-state index in [0.29, 0.717) is 17.8 Å². The molecule has 4 nitrogen and oxygen atoms in total. The summed E-state index contributed by atoms with van der Waals surface area (Å²) in [5.74, 6) is -0.151. The molecule has 0 bridgehead atoms. The standard InChI is InChI=1S/C14H15N3O/c1-10-4-2-3-5-13(10)17-14(18)11-6-7-16-12(8-11)9-15/h2-8H,9,15H2,1H3,(H,17,18). The van der Waals surface area contributed by atoms with Gasteiger partial charge in [0.2, 0.25) is 0 Å². The molecule has 0 atom stereocenters. The van der Waals surface area contributed by atoms with Gasteiger partial charge >= 0.3 is 0 Å². The molecule has 1 amide bonds. The Morgan fingerprint density at radius 3 is 2.83 bits per heavy atom. The first-order chi connectivity index (χ1) is 8.70. The highest BCUT2D eigenvalue weighted by Gasteiger charge is 2.08. The number of nitrogens with zero attached hydrogens (tertiary/aromatic N) is 1. The van der Waals surface area contributed by atoms with Crippen LogP contribution in [0.5, 0.6) is 0 Å². The van der Waals surface area contributed by atoms with Crippen LogP contribution in [-0.4, -0.2) is 10.9 Å². The van der Waals surface area contributed by atoms with Crippen molar-refractivity contribution in [3.63, 3.8) is 0 Å². The van der Waals surface area contributed by atoms with Gasteiger partial charge in [-0.3, -0.25) is 9.78 Å². The van der Waals surface area contributed by atoms with Gasteiger partial charge in [-0.15, -0.1) is 0 Å². The highest BCUT2D eigenvalue weighted by molar-refractivity contribution is 6.04. The molecule has 0 aliphatic heterocycles. The van der Waals surface area contributed by atoms with Gasteiger partial charge in [0, 0.05) is 24.0 Å². The molecule has 92 valence electrons. The number of pyridine rings is 1. The number of anilines is 1. The first kappa shape index (κ1) is 12.3. The number of nitrogens with two attached hydrogens (primary N) is 1. The second-order valence-corrected chi connectivity index (χ2v) is 4.01. The molecule has 3 N–H and O–H groups in total. The summed E-state index contributed by atoms with van der Waals surface area (Å²) in [5, 5.41) is 2.87. The molecule has 0 aliphatic rings. The fraction of sp³-hybridized carbons (Fsp3) is 0.143. The normalized spacial score (nSPS) is 10.1. The summed E-state index contributed by atoms with van der Waals surface area (Å²) >= 11 is 0. The van der Waals surface area contributed by atoms with E-state index < -0.39 is 0 Å². The number of aromatic nitrogens is 1. The Bertz CT molecular complexity index is 566. The van der Waals surface area contributed by atoms with Crippen molar-refractivity contribution in [3.05, 3.63) is 59.4 Å². The van der Waals surface area contributed by atoms with E-state index in [4.69, 9.17) is 5.73 Å². The molecule has 4 heteroatoms. The third kappa shape index (κ3) is 2.73.